The van der Waals surface area contributed by atoms with Gasteiger partial charge in [0.15, 0.2) is 0 Å². The predicted molar refractivity (Wildman–Crippen MR) is 208 cm³/mol. The Kier molecular flexibility index (Phi) is 16.5. The first-order valence-electron chi connectivity index (χ1n) is 16.9. The first kappa shape index (κ1) is 42.2. The molecule has 252 valence electrons. The first-order chi connectivity index (χ1) is 21.8. The van der Waals surface area contributed by atoms with Crippen molar-refractivity contribution >= 4 is 40.2 Å². The maximum Gasteiger partial charge on any atom is -1.00 e. The number of fused-ring (bicyclic) bond motifs is 2. The van der Waals surface area contributed by atoms with Gasteiger partial charge in [-0.15, -0.1) is 69.1 Å². The second kappa shape index (κ2) is 18.8. The van der Waals surface area contributed by atoms with Crippen molar-refractivity contribution in [3.63, 3.8) is 0 Å². The van der Waals surface area contributed by atoms with Crippen LogP contribution in [0.1, 0.15) is 63.1 Å². The van der Waals surface area contributed by atoms with Crippen molar-refractivity contribution in [2.75, 3.05) is 0 Å². The number of hydrogen-bond donors (Lipinski definition) is 0. The molecule has 0 amide bonds. The van der Waals surface area contributed by atoms with E-state index in [1.807, 2.05) is 0 Å². The smallest absolute Gasteiger partial charge is 1.00 e. The van der Waals surface area contributed by atoms with Crippen molar-refractivity contribution in [2.24, 2.45) is 0 Å². The summed E-state index contributed by atoms with van der Waals surface area (Å²) in [7, 11) is -1.21. The van der Waals surface area contributed by atoms with E-state index in [4.69, 9.17) is 0 Å². The zero-order chi connectivity index (χ0) is 33.6. The molecule has 0 aliphatic carbocycles. The largest absolute Gasteiger partial charge is 1.00 e. The Hall–Kier alpha value is -2.00. The van der Waals surface area contributed by atoms with Crippen molar-refractivity contribution in [3.05, 3.63) is 126 Å². The molecule has 0 nitrogen and oxygen atoms in total. The minimum atomic E-state index is -1.21. The fraction of sp³-hybridized carbons (Fsp3) is 0.302. The molecule has 0 aliphatic heterocycles. The zero-order valence-corrected chi connectivity index (χ0v) is 36.5. The second-order valence-corrected chi connectivity index (χ2v) is 28.8. The van der Waals surface area contributed by atoms with Gasteiger partial charge in [-0.3, -0.25) is 0 Å². The summed E-state index contributed by atoms with van der Waals surface area (Å²) in [5, 5.41) is 6.99. The van der Waals surface area contributed by atoms with Gasteiger partial charge in [0, 0.05) is 0 Å². The van der Waals surface area contributed by atoms with Crippen LogP contribution in [0.15, 0.2) is 109 Å². The fourth-order valence-corrected chi connectivity index (χ4v) is 6.96. The topological polar surface area (TPSA) is 0 Å². The molecule has 0 heterocycles. The molecule has 6 aromatic carbocycles. The van der Waals surface area contributed by atoms with Crippen molar-refractivity contribution in [1.29, 1.82) is 0 Å². The number of benzene rings is 4. The summed E-state index contributed by atoms with van der Waals surface area (Å²) in [4.78, 5) is 0. The fourth-order valence-electron chi connectivity index (χ4n) is 5.79. The van der Waals surface area contributed by atoms with E-state index in [0.29, 0.717) is 11.8 Å². The maximum absolute atomic E-state index is 2.40. The van der Waals surface area contributed by atoms with Gasteiger partial charge in [-0.25, -0.2) is 0 Å². The third-order valence-electron chi connectivity index (χ3n) is 8.61. The van der Waals surface area contributed by atoms with Gasteiger partial charge in [-0.1, -0.05) is 131 Å². The SMILES string of the molecule is CC(C)c1ccc(-c2cccc3[cH-]c(C(C)C)cc23)cc1.CCc1cc2c(-c3ccc([Si](C)(C)C)cc3)cccc2[cH-]1.C[Si](C)=[Zr+2].[Cl-].[Cl-]. The third-order valence-corrected chi connectivity index (χ3v) is 10.7. The molecule has 0 fully saturated rings. The summed E-state index contributed by atoms with van der Waals surface area (Å²) in [5.74, 6) is 1.16. The molecule has 48 heavy (non-hydrogen) atoms. The molecule has 0 atom stereocenters. The van der Waals surface area contributed by atoms with E-state index in [1.165, 1.54) is 65.7 Å². The van der Waals surface area contributed by atoms with Gasteiger partial charge in [0.2, 0.25) is 0 Å². The predicted octanol–water partition coefficient (Wildman–Crippen LogP) is 6.60. The monoisotopic (exact) mass is 784 g/mol. The van der Waals surface area contributed by atoms with Crippen molar-refractivity contribution in [1.82, 2.24) is 0 Å². The minimum absolute atomic E-state index is 0. The first-order valence-corrected chi connectivity index (χ1v) is 26.6. The van der Waals surface area contributed by atoms with Crippen LogP contribution >= 0.6 is 0 Å². The molecule has 0 unspecified atom stereocenters. The Bertz CT molecular complexity index is 1880. The summed E-state index contributed by atoms with van der Waals surface area (Å²) in [5.41, 5.74) is 9.80. The molecule has 0 bridgehead atoms. The van der Waals surface area contributed by atoms with E-state index < -0.39 is 8.07 Å². The molecule has 0 aliphatic rings. The van der Waals surface area contributed by atoms with Gasteiger partial charge in [0.05, 0.1) is 8.07 Å². The van der Waals surface area contributed by atoms with Gasteiger partial charge in [-0.05, 0) is 34.9 Å². The number of halogens is 2. The van der Waals surface area contributed by atoms with Crippen molar-refractivity contribution in [2.45, 2.75) is 85.6 Å². The van der Waals surface area contributed by atoms with Crippen LogP contribution in [0.3, 0.4) is 0 Å². The van der Waals surface area contributed by atoms with E-state index in [1.54, 1.807) is 23.3 Å². The molecule has 0 radical (unpaired) electrons. The molecule has 6 aromatic rings. The number of hydrogen-bond acceptors (Lipinski definition) is 0. The van der Waals surface area contributed by atoms with Crippen molar-refractivity contribution < 1.29 is 48.1 Å². The Labute approximate surface area is 319 Å². The minimum Gasteiger partial charge on any atom is -1.00 e. The average Bonchev–Trinajstić information content (AvgIpc) is 3.65. The quantitative estimate of drug-likeness (QED) is 0.132. The van der Waals surface area contributed by atoms with Crippen LogP contribution in [-0.4, -0.2) is 13.5 Å². The van der Waals surface area contributed by atoms with Crippen LogP contribution in [0.2, 0.25) is 32.7 Å². The third kappa shape index (κ3) is 11.0. The standard InChI is InChI=1S/C21H23.C20H23Si.C2H6Si.2ClH.Zr/c1-14(2)16-8-10-17(11-9-16)20-7-5-6-18-12-19(15(3)4)13-21(18)20;1-5-15-13-17-7-6-8-19(20(17)14-15)16-9-11-18(12-10-16)21(2,3)4;1-3-2;;;/h5-15H,1-4H3;6-14H,5H2,1-4H3;1-2H3;2*1H;/q2*-1;;;;+2/p-2. The van der Waals surface area contributed by atoms with Crippen LogP contribution < -0.4 is 30.0 Å². The molecular formula is C43H52Cl2Si2Zr-2. The van der Waals surface area contributed by atoms with Crippen LogP contribution in [0.25, 0.3) is 43.8 Å². The number of rotatable bonds is 6. The van der Waals surface area contributed by atoms with Gasteiger partial charge < -0.3 is 24.8 Å². The second-order valence-electron chi connectivity index (χ2n) is 14.4. The Balaban J connectivity index is 0.000000289. The maximum atomic E-state index is 2.40. The Morgan fingerprint density at radius 2 is 1.10 bits per heavy atom. The van der Waals surface area contributed by atoms with Crippen LogP contribution in [0.4, 0.5) is 0 Å². The Morgan fingerprint density at radius 3 is 1.54 bits per heavy atom. The molecular weight excluding hydrogens is 735 g/mol. The molecule has 0 spiro atoms. The Morgan fingerprint density at radius 1 is 0.646 bits per heavy atom. The molecule has 5 heteroatoms. The normalized spacial score (nSPS) is 11.0. The summed E-state index contributed by atoms with van der Waals surface area (Å²) in [6, 6.07) is 40.8. The molecule has 0 N–H and O–H groups in total. The van der Waals surface area contributed by atoms with Crippen LogP contribution in [0, 0.1) is 0 Å². The zero-order valence-electron chi connectivity index (χ0n) is 30.5. The number of aryl methyl sites for hydroxylation is 1. The van der Waals surface area contributed by atoms with Crippen molar-refractivity contribution in [3.8, 4) is 22.3 Å². The van der Waals surface area contributed by atoms with Crippen LogP contribution in [-0.2, 0) is 29.8 Å². The van der Waals surface area contributed by atoms with E-state index in [-0.39, 0.29) is 30.2 Å². The van der Waals surface area contributed by atoms with Gasteiger partial charge >= 0.3 is 41.9 Å². The van der Waals surface area contributed by atoms with Gasteiger partial charge in [0.1, 0.15) is 0 Å². The summed E-state index contributed by atoms with van der Waals surface area (Å²) in [6.45, 7) is 23.0. The van der Waals surface area contributed by atoms with E-state index in [2.05, 4.69) is 177 Å². The van der Waals surface area contributed by atoms with Gasteiger partial charge in [-0.2, -0.15) is 12.1 Å². The summed E-state index contributed by atoms with van der Waals surface area (Å²) < 4.78 is 0. The van der Waals surface area contributed by atoms with E-state index in [9.17, 15) is 0 Å². The molecule has 0 saturated heterocycles. The molecule has 0 saturated carbocycles. The van der Waals surface area contributed by atoms with E-state index >= 15 is 0 Å². The summed E-state index contributed by atoms with van der Waals surface area (Å²) in [6.07, 6.45) is 1.10. The summed E-state index contributed by atoms with van der Waals surface area (Å²) >= 11 is 1.74. The molecule has 6 rings (SSSR count). The van der Waals surface area contributed by atoms with Crippen LogP contribution in [0.5, 0.6) is 0 Å². The molecule has 0 aromatic heterocycles. The van der Waals surface area contributed by atoms with E-state index in [0.717, 1.165) is 6.42 Å². The average molecular weight is 787 g/mol. The van der Waals surface area contributed by atoms with Gasteiger partial charge in [0.25, 0.3) is 0 Å².